The monoisotopic (exact) mass is 579 g/mol. The molecule has 1 saturated carbocycles. The van der Waals surface area contributed by atoms with Gasteiger partial charge < -0.3 is 26.2 Å². The lowest BCUT2D eigenvalue weighted by Crippen LogP contribution is -2.60. The SMILES string of the molecule is C[C@@H]1C=CCCC1.Cc1c(O)cccc1C(=O)N[C@@H](Cc1ccccc1)[C@H](O)C(=O)N1CSC2(CCC2)[C@H]1C(N)=O. The maximum atomic E-state index is 13.4. The summed E-state index contributed by atoms with van der Waals surface area (Å²) in [4.78, 5) is 40.1. The van der Waals surface area contributed by atoms with Gasteiger partial charge in [-0.25, -0.2) is 0 Å². The maximum absolute atomic E-state index is 13.4. The fraction of sp³-hybridized carbons (Fsp3) is 0.469. The summed E-state index contributed by atoms with van der Waals surface area (Å²) in [7, 11) is 0. The van der Waals surface area contributed by atoms with Crippen molar-refractivity contribution in [1.82, 2.24) is 10.2 Å². The van der Waals surface area contributed by atoms with Gasteiger partial charge in [0, 0.05) is 15.9 Å². The number of aliphatic hydroxyl groups is 1. The first-order valence-corrected chi connectivity index (χ1v) is 15.3. The predicted molar refractivity (Wildman–Crippen MR) is 161 cm³/mol. The molecule has 220 valence electrons. The number of allylic oxidation sites excluding steroid dienone is 2. The van der Waals surface area contributed by atoms with Crippen molar-refractivity contribution >= 4 is 29.5 Å². The van der Waals surface area contributed by atoms with Crippen LogP contribution in [0.5, 0.6) is 5.75 Å². The molecule has 0 unspecified atom stereocenters. The molecule has 0 radical (unpaired) electrons. The Bertz CT molecular complexity index is 1260. The van der Waals surface area contributed by atoms with E-state index in [1.165, 1.54) is 42.0 Å². The van der Waals surface area contributed by atoms with Crippen LogP contribution < -0.4 is 11.1 Å². The number of aromatic hydroxyl groups is 1. The number of carbonyl (C=O) groups excluding carboxylic acids is 3. The van der Waals surface area contributed by atoms with Crippen LogP contribution >= 0.6 is 11.8 Å². The molecule has 5 rings (SSSR count). The van der Waals surface area contributed by atoms with E-state index < -0.39 is 35.9 Å². The molecule has 8 nitrogen and oxygen atoms in total. The van der Waals surface area contributed by atoms with Crippen molar-refractivity contribution in [3.63, 3.8) is 0 Å². The topological polar surface area (TPSA) is 133 Å². The molecular weight excluding hydrogens is 538 g/mol. The molecule has 41 heavy (non-hydrogen) atoms. The number of hydrogen-bond acceptors (Lipinski definition) is 6. The molecule has 1 spiro atoms. The zero-order chi connectivity index (χ0) is 29.6. The van der Waals surface area contributed by atoms with Crippen molar-refractivity contribution in [3.05, 3.63) is 77.4 Å². The van der Waals surface area contributed by atoms with Gasteiger partial charge in [0.1, 0.15) is 11.8 Å². The van der Waals surface area contributed by atoms with Gasteiger partial charge in [-0.15, -0.1) is 11.8 Å². The van der Waals surface area contributed by atoms with Gasteiger partial charge in [-0.1, -0.05) is 61.9 Å². The van der Waals surface area contributed by atoms with E-state index in [2.05, 4.69) is 24.4 Å². The second-order valence-electron chi connectivity index (χ2n) is 11.3. The number of carbonyl (C=O) groups is 3. The van der Waals surface area contributed by atoms with Crippen LogP contribution in [0.15, 0.2) is 60.7 Å². The molecule has 0 bridgehead atoms. The van der Waals surface area contributed by atoms with E-state index in [1.54, 1.807) is 19.1 Å². The molecule has 2 fully saturated rings. The van der Waals surface area contributed by atoms with Crippen LogP contribution in [0.1, 0.15) is 66.9 Å². The maximum Gasteiger partial charge on any atom is 0.254 e. The third-order valence-electron chi connectivity index (χ3n) is 8.35. The summed E-state index contributed by atoms with van der Waals surface area (Å²) >= 11 is 1.53. The third kappa shape index (κ3) is 7.13. The normalized spacial score (nSPS) is 22.2. The standard InChI is InChI=1S/C25H29N3O5S.C7H12/c1-15-17(9-5-10-19(15)29)23(32)27-18(13-16-7-3-2-4-8-16)20(30)24(33)28-14-34-25(11-6-12-25)21(28)22(26)31;1-7-5-3-2-4-6-7/h2-5,7-10,18,20-21,29-30H,6,11-14H2,1H3,(H2,26,31)(H,27,32);3,5,7H,2,4,6H2,1H3/t18-,20-,21+;7-/m01/s1. The average molecular weight is 580 g/mol. The minimum atomic E-state index is -1.58. The molecule has 9 heteroatoms. The molecule has 1 saturated heterocycles. The summed E-state index contributed by atoms with van der Waals surface area (Å²) in [6.07, 6.45) is 9.88. The van der Waals surface area contributed by atoms with Gasteiger partial charge in [0.05, 0.1) is 11.9 Å². The number of phenols is 1. The summed E-state index contributed by atoms with van der Waals surface area (Å²) in [5.41, 5.74) is 7.15. The van der Waals surface area contributed by atoms with E-state index in [-0.39, 0.29) is 28.4 Å². The van der Waals surface area contributed by atoms with Crippen LogP contribution in [0, 0.1) is 12.8 Å². The Hall–Kier alpha value is -3.30. The number of thioether (sulfide) groups is 1. The van der Waals surface area contributed by atoms with Crippen molar-refractivity contribution < 1.29 is 24.6 Å². The number of nitrogens with one attached hydrogen (secondary N) is 1. The Labute approximate surface area is 246 Å². The molecule has 1 aliphatic heterocycles. The molecule has 2 aromatic carbocycles. The average Bonchev–Trinajstić information content (AvgIpc) is 3.37. The van der Waals surface area contributed by atoms with Crippen LogP contribution in [0.3, 0.4) is 0 Å². The number of amides is 3. The molecule has 5 N–H and O–H groups in total. The minimum absolute atomic E-state index is 0.0203. The second kappa shape index (κ2) is 13.6. The summed E-state index contributed by atoms with van der Waals surface area (Å²) in [6, 6.07) is 12.1. The van der Waals surface area contributed by atoms with Gasteiger partial charge in [-0.2, -0.15) is 0 Å². The molecule has 1 heterocycles. The fourth-order valence-electron chi connectivity index (χ4n) is 5.73. The number of rotatable bonds is 7. The highest BCUT2D eigenvalue weighted by atomic mass is 32.2. The van der Waals surface area contributed by atoms with Crippen LogP contribution in [0.4, 0.5) is 0 Å². The van der Waals surface area contributed by atoms with E-state index >= 15 is 0 Å². The number of benzene rings is 2. The zero-order valence-corrected chi connectivity index (χ0v) is 24.6. The lowest BCUT2D eigenvalue weighted by Gasteiger charge is -2.42. The number of nitrogens with two attached hydrogens (primary N) is 1. The van der Waals surface area contributed by atoms with Crippen LogP contribution in [-0.2, 0) is 16.0 Å². The van der Waals surface area contributed by atoms with Gasteiger partial charge in [0.2, 0.25) is 5.91 Å². The third-order valence-corrected chi connectivity index (χ3v) is 9.96. The Morgan fingerprint density at radius 2 is 1.85 bits per heavy atom. The van der Waals surface area contributed by atoms with Gasteiger partial charge in [-0.3, -0.25) is 14.4 Å². The highest BCUT2D eigenvalue weighted by molar-refractivity contribution is 8.01. The van der Waals surface area contributed by atoms with Crippen molar-refractivity contribution in [1.29, 1.82) is 0 Å². The fourth-order valence-corrected chi connectivity index (χ4v) is 7.38. The molecule has 2 aromatic rings. The first kappa shape index (κ1) is 30.7. The highest BCUT2D eigenvalue weighted by Gasteiger charge is 2.56. The highest BCUT2D eigenvalue weighted by Crippen LogP contribution is 2.53. The molecule has 2 aliphatic carbocycles. The van der Waals surface area contributed by atoms with E-state index in [1.807, 2.05) is 30.3 Å². The van der Waals surface area contributed by atoms with Gasteiger partial charge in [-0.05, 0) is 69.1 Å². The van der Waals surface area contributed by atoms with Crippen LogP contribution in [-0.4, -0.2) is 61.6 Å². The van der Waals surface area contributed by atoms with Crippen molar-refractivity contribution in [2.45, 2.75) is 81.7 Å². The molecule has 0 aromatic heterocycles. The quantitative estimate of drug-likeness (QED) is 0.366. The summed E-state index contributed by atoms with van der Waals surface area (Å²) in [5.74, 6) is -0.625. The minimum Gasteiger partial charge on any atom is -0.508 e. The van der Waals surface area contributed by atoms with E-state index in [9.17, 15) is 24.6 Å². The number of aliphatic hydroxyl groups excluding tert-OH is 1. The lowest BCUT2D eigenvalue weighted by molar-refractivity contribution is -0.147. The Morgan fingerprint density at radius 1 is 1.12 bits per heavy atom. The number of hydrogen-bond donors (Lipinski definition) is 4. The molecule has 4 atom stereocenters. The first-order valence-electron chi connectivity index (χ1n) is 14.3. The second-order valence-corrected chi connectivity index (χ2v) is 12.7. The summed E-state index contributed by atoms with van der Waals surface area (Å²) in [6.45, 7) is 3.89. The Balaban J connectivity index is 0.000000483. The number of primary amides is 1. The summed E-state index contributed by atoms with van der Waals surface area (Å²) in [5, 5.41) is 23.9. The van der Waals surface area contributed by atoms with Crippen LogP contribution in [0.25, 0.3) is 0 Å². The number of nitrogens with zero attached hydrogens (tertiary/aromatic N) is 1. The Kier molecular flexibility index (Phi) is 10.1. The summed E-state index contributed by atoms with van der Waals surface area (Å²) < 4.78 is -0.377. The van der Waals surface area contributed by atoms with Crippen molar-refractivity contribution in [3.8, 4) is 5.75 Å². The van der Waals surface area contributed by atoms with Crippen LogP contribution in [0.2, 0.25) is 0 Å². The van der Waals surface area contributed by atoms with Gasteiger partial charge >= 0.3 is 0 Å². The Morgan fingerprint density at radius 3 is 2.41 bits per heavy atom. The predicted octanol–water partition coefficient (Wildman–Crippen LogP) is 4.07. The van der Waals surface area contributed by atoms with E-state index in [4.69, 9.17) is 5.73 Å². The van der Waals surface area contributed by atoms with Crippen molar-refractivity contribution in [2.75, 3.05) is 5.88 Å². The molecule has 3 aliphatic rings. The molecule has 3 amide bonds. The zero-order valence-electron chi connectivity index (χ0n) is 23.8. The van der Waals surface area contributed by atoms with Crippen molar-refractivity contribution in [2.24, 2.45) is 11.7 Å². The van der Waals surface area contributed by atoms with E-state index in [0.29, 0.717) is 5.56 Å². The number of phenolic OH excluding ortho intramolecular Hbond substituents is 1. The van der Waals surface area contributed by atoms with Gasteiger partial charge in [0.15, 0.2) is 6.10 Å². The smallest absolute Gasteiger partial charge is 0.254 e. The largest absolute Gasteiger partial charge is 0.508 e. The first-order chi connectivity index (χ1) is 19.6. The van der Waals surface area contributed by atoms with Gasteiger partial charge in [0.25, 0.3) is 11.8 Å². The molecular formula is C32H41N3O5S. The lowest BCUT2D eigenvalue weighted by atomic mass is 9.77. The van der Waals surface area contributed by atoms with E-state index in [0.717, 1.165) is 30.7 Å².